The normalized spacial score (nSPS) is 12.2. The standard InChI is InChI=1S/C19H24N2O2/c1-14(2)18(19-15(3)8-7-11-20-19)21-17(22)13-23-12-16-9-5-4-6-10-16/h4-11,14,18H,12-13H2,1-3H3,(H,21,22). The molecule has 0 spiro atoms. The number of benzene rings is 1. The second kappa shape index (κ2) is 8.44. The minimum atomic E-state index is -0.121. The summed E-state index contributed by atoms with van der Waals surface area (Å²) in [6, 6.07) is 13.6. The van der Waals surface area contributed by atoms with Gasteiger partial charge in [-0.2, -0.15) is 0 Å². The molecule has 1 heterocycles. The van der Waals surface area contributed by atoms with E-state index >= 15 is 0 Å². The van der Waals surface area contributed by atoms with Crippen molar-refractivity contribution < 1.29 is 9.53 Å². The molecular formula is C19H24N2O2. The number of hydrogen-bond acceptors (Lipinski definition) is 3. The highest BCUT2D eigenvalue weighted by Crippen LogP contribution is 2.22. The molecule has 0 saturated heterocycles. The predicted octanol–water partition coefficient (Wildman–Crippen LogP) is 3.42. The van der Waals surface area contributed by atoms with Gasteiger partial charge in [-0.3, -0.25) is 9.78 Å². The third-order valence-electron chi connectivity index (χ3n) is 3.67. The summed E-state index contributed by atoms with van der Waals surface area (Å²) in [4.78, 5) is 16.6. The Kier molecular flexibility index (Phi) is 6.29. The van der Waals surface area contributed by atoms with Crippen LogP contribution in [0.15, 0.2) is 48.7 Å². The van der Waals surface area contributed by atoms with Crippen molar-refractivity contribution in [3.05, 3.63) is 65.5 Å². The number of amides is 1. The molecule has 0 radical (unpaired) electrons. The Morgan fingerprint density at radius 1 is 1.17 bits per heavy atom. The zero-order chi connectivity index (χ0) is 16.7. The monoisotopic (exact) mass is 312 g/mol. The molecule has 0 aliphatic heterocycles. The molecule has 4 nitrogen and oxygen atoms in total. The molecule has 1 aromatic heterocycles. The molecule has 2 aromatic rings. The quantitative estimate of drug-likeness (QED) is 0.852. The molecule has 1 N–H and O–H groups in total. The number of nitrogens with one attached hydrogen (secondary N) is 1. The Balaban J connectivity index is 1.90. The Hall–Kier alpha value is -2.20. The SMILES string of the molecule is Cc1cccnc1C(NC(=O)COCc1ccccc1)C(C)C. The Morgan fingerprint density at radius 2 is 1.91 bits per heavy atom. The summed E-state index contributed by atoms with van der Waals surface area (Å²) >= 11 is 0. The van der Waals surface area contributed by atoms with Crippen molar-refractivity contribution in [1.29, 1.82) is 0 Å². The van der Waals surface area contributed by atoms with E-state index in [9.17, 15) is 4.79 Å². The maximum atomic E-state index is 12.2. The number of nitrogens with zero attached hydrogens (tertiary/aromatic N) is 1. The van der Waals surface area contributed by atoms with E-state index in [1.807, 2.05) is 49.4 Å². The van der Waals surface area contributed by atoms with Gasteiger partial charge in [-0.15, -0.1) is 0 Å². The van der Waals surface area contributed by atoms with Crippen LogP contribution in [0.5, 0.6) is 0 Å². The highest BCUT2D eigenvalue weighted by molar-refractivity contribution is 5.77. The van der Waals surface area contributed by atoms with Gasteiger partial charge in [0.05, 0.1) is 18.3 Å². The van der Waals surface area contributed by atoms with Crippen LogP contribution < -0.4 is 5.32 Å². The molecule has 1 unspecified atom stereocenters. The van der Waals surface area contributed by atoms with Crippen LogP contribution >= 0.6 is 0 Å². The van der Waals surface area contributed by atoms with E-state index < -0.39 is 0 Å². The van der Waals surface area contributed by atoms with E-state index in [1.54, 1.807) is 6.20 Å². The van der Waals surface area contributed by atoms with Gasteiger partial charge >= 0.3 is 0 Å². The average molecular weight is 312 g/mol. The van der Waals surface area contributed by atoms with Crippen LogP contribution in [-0.4, -0.2) is 17.5 Å². The molecule has 0 bridgehead atoms. The largest absolute Gasteiger partial charge is 0.367 e. The van der Waals surface area contributed by atoms with Gasteiger partial charge in [0.25, 0.3) is 0 Å². The van der Waals surface area contributed by atoms with Crippen LogP contribution in [0.2, 0.25) is 0 Å². The smallest absolute Gasteiger partial charge is 0.246 e. The highest BCUT2D eigenvalue weighted by atomic mass is 16.5. The van der Waals surface area contributed by atoms with Gasteiger partial charge in [0, 0.05) is 6.20 Å². The van der Waals surface area contributed by atoms with Crippen LogP contribution in [-0.2, 0) is 16.1 Å². The number of pyridine rings is 1. The minimum Gasteiger partial charge on any atom is -0.367 e. The molecule has 0 aliphatic carbocycles. The van der Waals surface area contributed by atoms with Crippen molar-refractivity contribution in [2.75, 3.05) is 6.61 Å². The number of aromatic nitrogens is 1. The Labute approximate surface area is 137 Å². The average Bonchev–Trinajstić information content (AvgIpc) is 2.54. The van der Waals surface area contributed by atoms with E-state index in [1.165, 1.54) is 0 Å². The van der Waals surface area contributed by atoms with Gasteiger partial charge < -0.3 is 10.1 Å². The second-order valence-electron chi connectivity index (χ2n) is 5.97. The third kappa shape index (κ3) is 5.18. The van der Waals surface area contributed by atoms with Gasteiger partial charge in [0.1, 0.15) is 6.61 Å². The summed E-state index contributed by atoms with van der Waals surface area (Å²) in [5, 5.41) is 3.03. The zero-order valence-corrected chi connectivity index (χ0v) is 14.0. The number of carbonyl (C=O) groups excluding carboxylic acids is 1. The summed E-state index contributed by atoms with van der Waals surface area (Å²) in [5.74, 6) is 0.131. The summed E-state index contributed by atoms with van der Waals surface area (Å²) < 4.78 is 5.50. The van der Waals surface area contributed by atoms with Crippen LogP contribution in [0.3, 0.4) is 0 Å². The first-order valence-corrected chi connectivity index (χ1v) is 7.90. The molecular weight excluding hydrogens is 288 g/mol. The molecule has 2 rings (SSSR count). The van der Waals surface area contributed by atoms with E-state index in [4.69, 9.17) is 4.74 Å². The number of hydrogen-bond donors (Lipinski definition) is 1. The van der Waals surface area contributed by atoms with Gasteiger partial charge in [-0.05, 0) is 30.0 Å². The lowest BCUT2D eigenvalue weighted by molar-refractivity contribution is -0.127. The molecule has 0 fully saturated rings. The topological polar surface area (TPSA) is 51.2 Å². The number of ether oxygens (including phenoxy) is 1. The highest BCUT2D eigenvalue weighted by Gasteiger charge is 2.21. The molecule has 1 amide bonds. The van der Waals surface area contributed by atoms with E-state index in [-0.39, 0.29) is 24.5 Å². The molecule has 0 aliphatic rings. The van der Waals surface area contributed by atoms with E-state index in [0.29, 0.717) is 6.61 Å². The van der Waals surface area contributed by atoms with E-state index in [2.05, 4.69) is 24.1 Å². The zero-order valence-electron chi connectivity index (χ0n) is 14.0. The molecule has 1 atom stereocenters. The fourth-order valence-corrected chi connectivity index (χ4v) is 2.43. The first-order chi connectivity index (χ1) is 11.1. The first-order valence-electron chi connectivity index (χ1n) is 7.90. The molecule has 4 heteroatoms. The maximum absolute atomic E-state index is 12.2. The van der Waals surface area contributed by atoms with Gasteiger partial charge in [0.2, 0.25) is 5.91 Å². The van der Waals surface area contributed by atoms with Crippen molar-refractivity contribution in [1.82, 2.24) is 10.3 Å². The van der Waals surface area contributed by atoms with Crippen LogP contribution in [0.4, 0.5) is 0 Å². The van der Waals surface area contributed by atoms with E-state index in [0.717, 1.165) is 16.8 Å². The third-order valence-corrected chi connectivity index (χ3v) is 3.67. The van der Waals surface area contributed by atoms with Gasteiger partial charge in [-0.1, -0.05) is 50.2 Å². The van der Waals surface area contributed by atoms with Crippen LogP contribution in [0, 0.1) is 12.8 Å². The molecule has 1 aromatic carbocycles. The Morgan fingerprint density at radius 3 is 2.57 bits per heavy atom. The van der Waals surface area contributed by atoms with Gasteiger partial charge in [-0.25, -0.2) is 0 Å². The first kappa shape index (κ1) is 17.2. The van der Waals surface area contributed by atoms with Crippen molar-refractivity contribution in [2.45, 2.75) is 33.4 Å². The van der Waals surface area contributed by atoms with Crippen molar-refractivity contribution >= 4 is 5.91 Å². The van der Waals surface area contributed by atoms with Gasteiger partial charge in [0.15, 0.2) is 0 Å². The predicted molar refractivity (Wildman–Crippen MR) is 90.8 cm³/mol. The lowest BCUT2D eigenvalue weighted by Gasteiger charge is -2.23. The molecule has 122 valence electrons. The Bertz CT molecular complexity index is 626. The van der Waals surface area contributed by atoms with Crippen LogP contribution in [0.25, 0.3) is 0 Å². The van der Waals surface area contributed by atoms with Crippen LogP contribution in [0.1, 0.15) is 36.7 Å². The van der Waals surface area contributed by atoms with Crippen molar-refractivity contribution in [3.63, 3.8) is 0 Å². The number of rotatable bonds is 7. The lowest BCUT2D eigenvalue weighted by atomic mass is 9.97. The second-order valence-corrected chi connectivity index (χ2v) is 5.97. The maximum Gasteiger partial charge on any atom is 0.246 e. The fourth-order valence-electron chi connectivity index (χ4n) is 2.43. The van der Waals surface area contributed by atoms with Crippen molar-refractivity contribution in [2.24, 2.45) is 5.92 Å². The lowest BCUT2D eigenvalue weighted by Crippen LogP contribution is -2.35. The molecule has 0 saturated carbocycles. The summed E-state index contributed by atoms with van der Waals surface area (Å²) in [5.41, 5.74) is 3.05. The number of aryl methyl sites for hydroxylation is 1. The number of carbonyl (C=O) groups is 1. The molecule has 23 heavy (non-hydrogen) atoms. The summed E-state index contributed by atoms with van der Waals surface area (Å²) in [6.45, 7) is 6.64. The van der Waals surface area contributed by atoms with Crippen molar-refractivity contribution in [3.8, 4) is 0 Å². The minimum absolute atomic E-state index is 0.0456. The fraction of sp³-hybridized carbons (Fsp3) is 0.368. The summed E-state index contributed by atoms with van der Waals surface area (Å²) in [6.07, 6.45) is 1.76. The summed E-state index contributed by atoms with van der Waals surface area (Å²) in [7, 11) is 0.